The highest BCUT2D eigenvalue weighted by Crippen LogP contribution is 2.20. The van der Waals surface area contributed by atoms with Crippen molar-refractivity contribution in [1.82, 2.24) is 5.32 Å². The van der Waals surface area contributed by atoms with Crippen LogP contribution in [0.1, 0.15) is 56.7 Å². The van der Waals surface area contributed by atoms with Gasteiger partial charge in [0.05, 0.1) is 0 Å². The van der Waals surface area contributed by atoms with E-state index >= 15 is 0 Å². The van der Waals surface area contributed by atoms with Crippen molar-refractivity contribution in [1.29, 1.82) is 0 Å². The molecule has 0 radical (unpaired) electrons. The summed E-state index contributed by atoms with van der Waals surface area (Å²) in [5.41, 5.74) is 2.85. The first-order valence-corrected chi connectivity index (χ1v) is 6.57. The van der Waals surface area contributed by atoms with Crippen LogP contribution in [0.4, 0.5) is 0 Å². The molecule has 0 aliphatic rings. The Hall–Kier alpha value is -0.820. The number of benzene rings is 1. The van der Waals surface area contributed by atoms with E-state index < -0.39 is 0 Å². The molecule has 0 aliphatic heterocycles. The minimum absolute atomic E-state index is 0.525. The molecule has 0 heterocycles. The van der Waals surface area contributed by atoms with Crippen LogP contribution in [-0.2, 0) is 6.42 Å². The summed E-state index contributed by atoms with van der Waals surface area (Å²) in [7, 11) is 2.06. The molecule has 0 spiro atoms. The predicted octanol–water partition coefficient (Wildman–Crippen LogP) is 4.09. The fraction of sp³-hybridized carbons (Fsp3) is 0.600. The fourth-order valence-electron chi connectivity index (χ4n) is 2.06. The summed E-state index contributed by atoms with van der Waals surface area (Å²) in [4.78, 5) is 0. The Balaban J connectivity index is 2.56. The summed E-state index contributed by atoms with van der Waals surface area (Å²) in [6.45, 7) is 4.45. The molecule has 1 rings (SSSR count). The zero-order valence-corrected chi connectivity index (χ0v) is 10.9. The van der Waals surface area contributed by atoms with Crippen molar-refractivity contribution < 1.29 is 0 Å². The number of aryl methyl sites for hydroxylation is 1. The van der Waals surface area contributed by atoms with E-state index in [2.05, 4.69) is 50.5 Å². The van der Waals surface area contributed by atoms with Gasteiger partial charge in [0, 0.05) is 6.04 Å². The Morgan fingerprint density at radius 2 is 1.75 bits per heavy atom. The van der Waals surface area contributed by atoms with E-state index in [1.165, 1.54) is 36.8 Å². The van der Waals surface area contributed by atoms with E-state index in [4.69, 9.17) is 0 Å². The molecule has 0 aliphatic carbocycles. The summed E-state index contributed by atoms with van der Waals surface area (Å²) in [5.74, 6) is 0. The van der Waals surface area contributed by atoms with Crippen molar-refractivity contribution in [3.63, 3.8) is 0 Å². The third-order valence-corrected chi connectivity index (χ3v) is 3.24. The van der Waals surface area contributed by atoms with Gasteiger partial charge in [-0.25, -0.2) is 0 Å². The molecule has 1 atom stereocenters. The minimum atomic E-state index is 0.525. The number of nitrogens with one attached hydrogen (secondary N) is 1. The van der Waals surface area contributed by atoms with Crippen molar-refractivity contribution in [2.24, 2.45) is 0 Å². The largest absolute Gasteiger partial charge is 0.313 e. The summed E-state index contributed by atoms with van der Waals surface area (Å²) < 4.78 is 0. The van der Waals surface area contributed by atoms with Crippen LogP contribution in [0.2, 0.25) is 0 Å². The van der Waals surface area contributed by atoms with E-state index in [1.54, 1.807) is 0 Å². The molecule has 1 unspecified atom stereocenters. The van der Waals surface area contributed by atoms with Crippen LogP contribution in [0.25, 0.3) is 0 Å². The van der Waals surface area contributed by atoms with Gasteiger partial charge in [-0.05, 0) is 31.0 Å². The molecule has 16 heavy (non-hydrogen) atoms. The van der Waals surface area contributed by atoms with Crippen molar-refractivity contribution in [2.45, 2.75) is 52.0 Å². The molecule has 0 saturated carbocycles. The minimum Gasteiger partial charge on any atom is -0.313 e. The van der Waals surface area contributed by atoms with Crippen LogP contribution in [0, 0.1) is 0 Å². The zero-order valence-electron chi connectivity index (χ0n) is 10.9. The molecular formula is C15H25N. The molecular weight excluding hydrogens is 194 g/mol. The van der Waals surface area contributed by atoms with E-state index in [1.807, 2.05) is 0 Å². The van der Waals surface area contributed by atoms with Crippen LogP contribution < -0.4 is 5.32 Å². The first kappa shape index (κ1) is 13.2. The average molecular weight is 219 g/mol. The maximum atomic E-state index is 3.41. The molecule has 1 nitrogen and oxygen atoms in total. The summed E-state index contributed by atoms with van der Waals surface area (Å²) in [6.07, 6.45) is 6.32. The van der Waals surface area contributed by atoms with Crippen LogP contribution in [0.15, 0.2) is 24.3 Å². The van der Waals surface area contributed by atoms with Gasteiger partial charge in [-0.15, -0.1) is 0 Å². The number of rotatable bonds is 7. The first-order valence-electron chi connectivity index (χ1n) is 6.57. The Bertz CT molecular complexity index is 276. The molecule has 1 N–H and O–H groups in total. The van der Waals surface area contributed by atoms with Gasteiger partial charge in [-0.3, -0.25) is 0 Å². The van der Waals surface area contributed by atoms with Crippen molar-refractivity contribution in [2.75, 3.05) is 7.05 Å². The first-order chi connectivity index (χ1) is 7.81. The maximum Gasteiger partial charge on any atom is 0.0317 e. The summed E-state index contributed by atoms with van der Waals surface area (Å²) in [6, 6.07) is 9.56. The van der Waals surface area contributed by atoms with Gasteiger partial charge >= 0.3 is 0 Å². The third-order valence-electron chi connectivity index (χ3n) is 3.24. The lowest BCUT2D eigenvalue weighted by Crippen LogP contribution is -2.16. The number of hydrogen-bond acceptors (Lipinski definition) is 1. The Morgan fingerprint density at radius 3 is 2.25 bits per heavy atom. The molecule has 90 valence electrons. The summed E-state index contributed by atoms with van der Waals surface area (Å²) >= 11 is 0. The number of unbranched alkanes of at least 4 members (excludes halogenated alkanes) is 2. The second-order valence-corrected chi connectivity index (χ2v) is 4.43. The van der Waals surface area contributed by atoms with Gasteiger partial charge in [-0.2, -0.15) is 0 Å². The Labute approximate surface area is 100 Å². The highest BCUT2D eigenvalue weighted by atomic mass is 14.9. The highest BCUT2D eigenvalue weighted by Gasteiger charge is 2.07. The van der Waals surface area contributed by atoms with Gasteiger partial charge in [0.25, 0.3) is 0 Å². The Morgan fingerprint density at radius 1 is 1.06 bits per heavy atom. The maximum absolute atomic E-state index is 3.41. The SMILES string of the molecule is CCCCCC(NC)c1ccc(CC)cc1. The van der Waals surface area contributed by atoms with Crippen LogP contribution in [0.3, 0.4) is 0 Å². The molecule has 0 saturated heterocycles. The lowest BCUT2D eigenvalue weighted by molar-refractivity contribution is 0.512. The van der Waals surface area contributed by atoms with E-state index in [0.29, 0.717) is 6.04 Å². The standard InChI is InChI=1S/C15H25N/c1-4-6-7-8-15(16-3)14-11-9-13(5-2)10-12-14/h9-12,15-16H,4-8H2,1-3H3. The Kier molecular flexibility index (Phi) is 6.17. The van der Waals surface area contributed by atoms with Crippen molar-refractivity contribution >= 4 is 0 Å². The molecule has 1 aromatic carbocycles. The van der Waals surface area contributed by atoms with Crippen LogP contribution in [-0.4, -0.2) is 7.05 Å². The lowest BCUT2D eigenvalue weighted by Gasteiger charge is -2.16. The molecule has 1 heteroatoms. The van der Waals surface area contributed by atoms with E-state index in [-0.39, 0.29) is 0 Å². The zero-order chi connectivity index (χ0) is 11.8. The quantitative estimate of drug-likeness (QED) is 0.681. The average Bonchev–Trinajstić information content (AvgIpc) is 2.35. The molecule has 1 aromatic rings. The molecule has 0 fully saturated rings. The lowest BCUT2D eigenvalue weighted by atomic mass is 9.99. The smallest absolute Gasteiger partial charge is 0.0317 e. The molecule has 0 bridgehead atoms. The number of hydrogen-bond donors (Lipinski definition) is 1. The van der Waals surface area contributed by atoms with Crippen molar-refractivity contribution in [3.05, 3.63) is 35.4 Å². The van der Waals surface area contributed by atoms with E-state index in [9.17, 15) is 0 Å². The van der Waals surface area contributed by atoms with Gasteiger partial charge in [0.1, 0.15) is 0 Å². The normalized spacial score (nSPS) is 12.7. The molecule has 0 aromatic heterocycles. The second kappa shape index (κ2) is 7.45. The highest BCUT2D eigenvalue weighted by molar-refractivity contribution is 5.24. The van der Waals surface area contributed by atoms with Gasteiger partial charge in [0.2, 0.25) is 0 Å². The van der Waals surface area contributed by atoms with Crippen LogP contribution >= 0.6 is 0 Å². The monoisotopic (exact) mass is 219 g/mol. The second-order valence-electron chi connectivity index (χ2n) is 4.43. The van der Waals surface area contributed by atoms with Crippen molar-refractivity contribution in [3.8, 4) is 0 Å². The van der Waals surface area contributed by atoms with Gasteiger partial charge in [0.15, 0.2) is 0 Å². The fourth-order valence-corrected chi connectivity index (χ4v) is 2.06. The summed E-state index contributed by atoms with van der Waals surface area (Å²) in [5, 5.41) is 3.41. The van der Waals surface area contributed by atoms with Gasteiger partial charge < -0.3 is 5.32 Å². The van der Waals surface area contributed by atoms with Crippen LogP contribution in [0.5, 0.6) is 0 Å². The van der Waals surface area contributed by atoms with Gasteiger partial charge in [-0.1, -0.05) is 57.4 Å². The molecule has 0 amide bonds. The predicted molar refractivity (Wildman–Crippen MR) is 71.8 cm³/mol. The topological polar surface area (TPSA) is 12.0 Å². The van der Waals surface area contributed by atoms with E-state index in [0.717, 1.165) is 6.42 Å². The third kappa shape index (κ3) is 3.97.